The van der Waals surface area contributed by atoms with E-state index in [9.17, 15) is 40.7 Å². The van der Waals surface area contributed by atoms with Crippen molar-refractivity contribution in [3.05, 3.63) is 45.8 Å². The Morgan fingerprint density at radius 1 is 0.900 bits per heavy atom. The number of thiophene rings is 1. The van der Waals surface area contributed by atoms with Crippen LogP contribution >= 0.6 is 11.3 Å². The fourth-order valence-corrected chi connectivity index (χ4v) is 8.16. The van der Waals surface area contributed by atoms with Gasteiger partial charge in [0.2, 0.25) is 5.91 Å². The number of nitrogens with zero attached hydrogens (tertiary/aromatic N) is 4. The van der Waals surface area contributed by atoms with E-state index in [0.717, 1.165) is 36.7 Å². The number of hydrogen-bond acceptors (Lipinski definition) is 7. The van der Waals surface area contributed by atoms with E-state index in [1.807, 2.05) is 11.4 Å². The van der Waals surface area contributed by atoms with Crippen molar-refractivity contribution in [2.75, 3.05) is 63.4 Å². The van der Waals surface area contributed by atoms with Gasteiger partial charge in [-0.05, 0) is 54.8 Å². The van der Waals surface area contributed by atoms with Gasteiger partial charge in [-0.25, -0.2) is 9.59 Å². The average Bonchev–Trinajstić information content (AvgIpc) is 3.54. The van der Waals surface area contributed by atoms with Crippen molar-refractivity contribution in [3.8, 4) is 0 Å². The van der Waals surface area contributed by atoms with E-state index in [1.54, 1.807) is 4.90 Å². The van der Waals surface area contributed by atoms with Gasteiger partial charge in [-0.15, -0.1) is 11.3 Å². The predicted molar refractivity (Wildman–Crippen MR) is 174 cm³/mol. The number of benzene rings is 1. The number of rotatable bonds is 6. The molecule has 2 aromatic rings. The lowest BCUT2D eigenvalue weighted by Crippen LogP contribution is -2.58. The molecule has 4 aliphatic rings. The number of alkyl halides is 6. The quantitative estimate of drug-likeness (QED) is 0.258. The minimum Gasteiger partial charge on any atom is -0.398 e. The summed E-state index contributed by atoms with van der Waals surface area (Å²) in [4.78, 5) is 47.3. The molecule has 0 radical (unpaired) electrons. The van der Waals surface area contributed by atoms with Crippen molar-refractivity contribution in [2.24, 2.45) is 0 Å². The first-order chi connectivity index (χ1) is 23.7. The molecule has 18 heteroatoms. The number of likely N-dealkylation sites (tertiary alicyclic amines) is 2. The molecule has 0 aliphatic carbocycles. The summed E-state index contributed by atoms with van der Waals surface area (Å²) in [6.07, 6.45) is -8.79. The third kappa shape index (κ3) is 7.91. The Labute approximate surface area is 289 Å². The monoisotopic (exact) mass is 730 g/mol. The van der Waals surface area contributed by atoms with Gasteiger partial charge < -0.3 is 31.1 Å². The first-order valence-electron chi connectivity index (χ1n) is 16.7. The van der Waals surface area contributed by atoms with E-state index in [1.165, 1.54) is 21.1 Å². The molecule has 0 spiro atoms. The van der Waals surface area contributed by atoms with E-state index in [-0.39, 0.29) is 31.2 Å². The lowest BCUT2D eigenvalue weighted by atomic mass is 9.96. The van der Waals surface area contributed by atoms with Crippen LogP contribution < -0.4 is 21.7 Å². The maximum Gasteiger partial charge on any atom is 0.418 e. The number of piperazine rings is 1. The van der Waals surface area contributed by atoms with Crippen molar-refractivity contribution < 1.29 is 40.7 Å². The number of anilines is 2. The molecule has 274 valence electrons. The molecule has 11 nitrogen and oxygen atoms in total. The number of nitrogen functional groups attached to an aromatic ring is 1. The molecule has 50 heavy (non-hydrogen) atoms. The van der Waals surface area contributed by atoms with Crippen molar-refractivity contribution in [3.63, 3.8) is 0 Å². The summed E-state index contributed by atoms with van der Waals surface area (Å²) < 4.78 is 83.0. The number of piperidine rings is 2. The van der Waals surface area contributed by atoms with Gasteiger partial charge in [-0.3, -0.25) is 15.0 Å². The molecule has 5 amide bonds. The Bertz CT molecular complexity index is 1530. The zero-order valence-electron chi connectivity index (χ0n) is 27.2. The van der Waals surface area contributed by atoms with Crippen LogP contribution in [0.5, 0.6) is 0 Å². The highest BCUT2D eigenvalue weighted by Crippen LogP contribution is 2.42. The zero-order valence-corrected chi connectivity index (χ0v) is 28.0. The number of urea groups is 2. The third-order valence-electron chi connectivity index (χ3n) is 10.1. The first kappa shape index (κ1) is 36.0. The van der Waals surface area contributed by atoms with E-state index < -0.39 is 59.1 Å². The van der Waals surface area contributed by atoms with Crippen LogP contribution in [0, 0.1) is 0 Å². The Kier molecular flexibility index (Phi) is 10.4. The SMILES string of the molecule is Nc1c(C(F)(F)F)cc(C[C@@H](NC(=O)N2CCC(N3Cc4ccsc4NC3=O)CC2)C(=O)N2CCC(N3CCNCC3)CC2)cc1C(F)(F)F. The molecule has 1 aromatic carbocycles. The van der Waals surface area contributed by atoms with Crippen LogP contribution in [0.4, 0.5) is 46.6 Å². The normalized spacial score (nSPS) is 20.8. The van der Waals surface area contributed by atoms with Crippen LogP contribution in [-0.4, -0.2) is 108 Å². The van der Waals surface area contributed by atoms with Crippen LogP contribution in [0.2, 0.25) is 0 Å². The highest BCUT2D eigenvalue weighted by molar-refractivity contribution is 7.14. The van der Waals surface area contributed by atoms with Gasteiger partial charge in [0.25, 0.3) is 0 Å². The topological polar surface area (TPSA) is 126 Å². The summed E-state index contributed by atoms with van der Waals surface area (Å²) >= 11 is 1.44. The van der Waals surface area contributed by atoms with Crippen LogP contribution in [0.15, 0.2) is 23.6 Å². The van der Waals surface area contributed by atoms with Gasteiger partial charge in [0.1, 0.15) is 11.0 Å². The second-order valence-corrected chi connectivity index (χ2v) is 14.1. The number of hydrogen-bond donors (Lipinski definition) is 4. The van der Waals surface area contributed by atoms with Gasteiger partial charge in [-0.2, -0.15) is 26.3 Å². The number of carbonyl (C=O) groups excluding carboxylic acids is 3. The molecule has 0 bridgehead atoms. The van der Waals surface area contributed by atoms with E-state index in [2.05, 4.69) is 20.9 Å². The smallest absolute Gasteiger partial charge is 0.398 e. The van der Waals surface area contributed by atoms with Gasteiger partial charge in [-0.1, -0.05) is 0 Å². The number of amides is 5. The summed E-state index contributed by atoms with van der Waals surface area (Å²) in [5, 5.41) is 11.5. The molecule has 3 fully saturated rings. The molecule has 6 rings (SSSR count). The average molecular weight is 731 g/mol. The number of carbonyl (C=O) groups is 3. The third-order valence-corrected chi connectivity index (χ3v) is 11.0. The Morgan fingerprint density at radius 2 is 1.48 bits per heavy atom. The highest BCUT2D eigenvalue weighted by atomic mass is 32.1. The Morgan fingerprint density at radius 3 is 2.08 bits per heavy atom. The van der Waals surface area contributed by atoms with Crippen molar-refractivity contribution in [1.82, 2.24) is 30.2 Å². The van der Waals surface area contributed by atoms with Crippen LogP contribution in [0.25, 0.3) is 0 Å². The Balaban J connectivity index is 1.18. The van der Waals surface area contributed by atoms with Crippen LogP contribution in [0.3, 0.4) is 0 Å². The molecular weight excluding hydrogens is 690 g/mol. The lowest BCUT2D eigenvalue weighted by Gasteiger charge is -2.41. The lowest BCUT2D eigenvalue weighted by molar-refractivity contribution is -0.141. The van der Waals surface area contributed by atoms with Gasteiger partial charge >= 0.3 is 24.4 Å². The first-order valence-corrected chi connectivity index (χ1v) is 17.6. The van der Waals surface area contributed by atoms with E-state index in [4.69, 9.17) is 5.73 Å². The molecule has 0 unspecified atom stereocenters. The minimum atomic E-state index is -5.19. The second-order valence-electron chi connectivity index (χ2n) is 13.2. The van der Waals surface area contributed by atoms with Crippen LogP contribution in [0.1, 0.15) is 47.9 Å². The largest absolute Gasteiger partial charge is 0.418 e. The number of nitrogens with two attached hydrogens (primary N) is 1. The van der Waals surface area contributed by atoms with Gasteiger partial charge in [0.15, 0.2) is 0 Å². The summed E-state index contributed by atoms with van der Waals surface area (Å²) in [7, 11) is 0. The summed E-state index contributed by atoms with van der Waals surface area (Å²) in [5.41, 5.74) is 1.15. The summed E-state index contributed by atoms with van der Waals surface area (Å²) in [6, 6.07) is 0.728. The fourth-order valence-electron chi connectivity index (χ4n) is 7.36. The molecule has 0 saturated carbocycles. The molecule has 1 atom stereocenters. The molecule has 4 aliphatic heterocycles. The molecule has 5 N–H and O–H groups in total. The van der Waals surface area contributed by atoms with Gasteiger partial charge in [0.05, 0.1) is 23.4 Å². The molecule has 3 saturated heterocycles. The fraction of sp³-hybridized carbons (Fsp3) is 0.594. The standard InChI is InChI=1S/C32H40F6N8O3S/c33-31(34,35)23-15-19(16-24(26(23)39)32(36,37)38)17-25(28(47)44-8-1-21(2-9-44)43-12-6-40-7-13-43)41-29(48)45-10-3-22(4-11-45)46-18-20-5-14-50-27(20)42-30(46)49/h5,14-16,21-22,25,40H,1-4,6-13,17-18,39H2,(H,41,48)(H,42,49)/t25-/m1/s1. The van der Waals surface area contributed by atoms with Crippen molar-refractivity contribution >= 4 is 40.0 Å². The van der Waals surface area contributed by atoms with E-state index in [0.29, 0.717) is 57.5 Å². The number of fused-ring (bicyclic) bond motifs is 1. The second kappa shape index (κ2) is 14.5. The van der Waals surface area contributed by atoms with Crippen molar-refractivity contribution in [1.29, 1.82) is 0 Å². The maximum absolute atomic E-state index is 14.0. The summed E-state index contributed by atoms with van der Waals surface area (Å²) in [5.74, 6) is -0.581. The predicted octanol–water partition coefficient (Wildman–Crippen LogP) is 4.40. The molecule has 1 aromatic heterocycles. The van der Waals surface area contributed by atoms with Gasteiger partial charge in [0, 0.05) is 76.4 Å². The van der Waals surface area contributed by atoms with Crippen molar-refractivity contribution in [2.45, 2.75) is 69.1 Å². The summed E-state index contributed by atoms with van der Waals surface area (Å²) in [6.45, 7) is 5.00. The molecule has 5 heterocycles. The number of nitrogens with one attached hydrogen (secondary N) is 3. The molecular formula is C32H40F6N8O3S. The Hall–Kier alpha value is -3.77. The zero-order chi connectivity index (χ0) is 35.8. The minimum absolute atomic E-state index is 0.155. The van der Waals surface area contributed by atoms with E-state index >= 15 is 0 Å². The maximum atomic E-state index is 14.0. The highest BCUT2D eigenvalue weighted by Gasteiger charge is 2.42. The number of halogens is 6. The van der Waals surface area contributed by atoms with Crippen LogP contribution in [-0.2, 0) is 30.1 Å².